The summed E-state index contributed by atoms with van der Waals surface area (Å²) in [4.78, 5) is 0. The summed E-state index contributed by atoms with van der Waals surface area (Å²) in [6.45, 7) is 4.28. The van der Waals surface area contributed by atoms with Crippen LogP contribution in [-0.2, 0) is 0 Å². The van der Waals surface area contributed by atoms with E-state index in [0.717, 1.165) is 0 Å². The predicted octanol–water partition coefficient (Wildman–Crippen LogP) is 7.30. The first kappa shape index (κ1) is 16.4. The van der Waals surface area contributed by atoms with E-state index in [1.54, 1.807) is 0 Å². The van der Waals surface area contributed by atoms with Gasteiger partial charge in [0.2, 0.25) is 0 Å². The molecule has 126 valence electrons. The SMILES string of the molecule is Cc1cccc(-c2cccc(-c3ccccc3-c3cccc(C)c3)c2)c1. The van der Waals surface area contributed by atoms with Crippen LogP contribution >= 0.6 is 0 Å². The Hall–Kier alpha value is -3.12. The maximum absolute atomic E-state index is 2.30. The van der Waals surface area contributed by atoms with Crippen molar-refractivity contribution in [3.8, 4) is 33.4 Å². The summed E-state index contributed by atoms with van der Waals surface area (Å²) >= 11 is 0. The third kappa shape index (κ3) is 3.32. The minimum Gasteiger partial charge on any atom is -0.0616 e. The summed E-state index contributed by atoms with van der Waals surface area (Å²) in [7, 11) is 0. The monoisotopic (exact) mass is 334 g/mol. The van der Waals surface area contributed by atoms with Gasteiger partial charge in [-0.05, 0) is 53.3 Å². The number of hydrogen-bond acceptors (Lipinski definition) is 0. The summed E-state index contributed by atoms with van der Waals surface area (Å²) in [5.74, 6) is 0. The molecule has 4 rings (SSSR count). The molecule has 0 atom stereocenters. The van der Waals surface area contributed by atoms with Crippen molar-refractivity contribution in [1.29, 1.82) is 0 Å². The van der Waals surface area contributed by atoms with Crippen LogP contribution in [0.3, 0.4) is 0 Å². The second-order valence-electron chi connectivity index (χ2n) is 6.87. The molecular formula is C26H22. The Labute approximate surface area is 155 Å². The van der Waals surface area contributed by atoms with E-state index in [1.807, 2.05) is 0 Å². The van der Waals surface area contributed by atoms with E-state index in [2.05, 4.69) is 111 Å². The Morgan fingerprint density at radius 1 is 0.385 bits per heavy atom. The maximum Gasteiger partial charge on any atom is -0.0105 e. The van der Waals surface area contributed by atoms with Crippen LogP contribution in [0, 0.1) is 13.8 Å². The van der Waals surface area contributed by atoms with Gasteiger partial charge in [0, 0.05) is 0 Å². The lowest BCUT2D eigenvalue weighted by Crippen LogP contribution is -1.87. The topological polar surface area (TPSA) is 0 Å². The third-order valence-corrected chi connectivity index (χ3v) is 4.78. The van der Waals surface area contributed by atoms with Crippen LogP contribution in [0.15, 0.2) is 97.1 Å². The highest BCUT2D eigenvalue weighted by atomic mass is 14.1. The normalized spacial score (nSPS) is 10.7. The number of aryl methyl sites for hydroxylation is 2. The number of hydrogen-bond donors (Lipinski definition) is 0. The fourth-order valence-corrected chi connectivity index (χ4v) is 3.49. The molecule has 0 radical (unpaired) electrons. The van der Waals surface area contributed by atoms with Crippen LogP contribution in [0.25, 0.3) is 33.4 Å². The molecule has 0 saturated carbocycles. The fraction of sp³-hybridized carbons (Fsp3) is 0.0769. The molecule has 0 heteroatoms. The van der Waals surface area contributed by atoms with Gasteiger partial charge in [0.1, 0.15) is 0 Å². The van der Waals surface area contributed by atoms with Crippen LogP contribution in [0.4, 0.5) is 0 Å². The van der Waals surface area contributed by atoms with Gasteiger partial charge >= 0.3 is 0 Å². The summed E-state index contributed by atoms with van der Waals surface area (Å²) in [5.41, 5.74) is 10.1. The van der Waals surface area contributed by atoms with Crippen LogP contribution in [0.5, 0.6) is 0 Å². The molecule has 0 heterocycles. The molecule has 0 saturated heterocycles. The Balaban J connectivity index is 1.83. The highest BCUT2D eigenvalue weighted by molar-refractivity contribution is 5.85. The minimum atomic E-state index is 1.25. The zero-order valence-electron chi connectivity index (χ0n) is 15.2. The standard InChI is InChI=1S/C26H22/c1-19-8-5-10-21(16-19)22-11-7-13-24(18-22)26-15-4-3-14-25(26)23-12-6-9-20(2)17-23/h3-18H,1-2H3. The van der Waals surface area contributed by atoms with E-state index < -0.39 is 0 Å². The van der Waals surface area contributed by atoms with Crippen LogP contribution in [0.2, 0.25) is 0 Å². The molecule has 0 unspecified atom stereocenters. The maximum atomic E-state index is 2.30. The van der Waals surface area contributed by atoms with Gasteiger partial charge in [-0.3, -0.25) is 0 Å². The molecule has 0 fully saturated rings. The molecule has 0 amide bonds. The first-order valence-corrected chi connectivity index (χ1v) is 9.04. The van der Waals surface area contributed by atoms with Gasteiger partial charge in [0.15, 0.2) is 0 Å². The average Bonchev–Trinajstić information content (AvgIpc) is 2.68. The number of rotatable bonds is 3. The summed E-state index contributed by atoms with van der Waals surface area (Å²) in [6.07, 6.45) is 0. The zero-order chi connectivity index (χ0) is 17.9. The summed E-state index contributed by atoms with van der Waals surface area (Å²) < 4.78 is 0. The first-order valence-electron chi connectivity index (χ1n) is 9.04. The molecule has 4 aromatic carbocycles. The van der Waals surface area contributed by atoms with Gasteiger partial charge in [-0.1, -0.05) is 102 Å². The summed E-state index contributed by atoms with van der Waals surface area (Å²) in [5, 5.41) is 0. The molecule has 0 aromatic heterocycles. The van der Waals surface area contributed by atoms with Gasteiger partial charge in [0.05, 0.1) is 0 Å². The van der Waals surface area contributed by atoms with E-state index in [1.165, 1.54) is 44.5 Å². The molecule has 0 spiro atoms. The van der Waals surface area contributed by atoms with Crippen molar-refractivity contribution in [2.45, 2.75) is 13.8 Å². The first-order chi connectivity index (χ1) is 12.7. The van der Waals surface area contributed by atoms with E-state index in [9.17, 15) is 0 Å². The van der Waals surface area contributed by atoms with Gasteiger partial charge in [0.25, 0.3) is 0 Å². The molecule has 4 aromatic rings. The predicted molar refractivity (Wildman–Crippen MR) is 112 cm³/mol. The van der Waals surface area contributed by atoms with Crippen LogP contribution in [-0.4, -0.2) is 0 Å². The van der Waals surface area contributed by atoms with Gasteiger partial charge < -0.3 is 0 Å². The van der Waals surface area contributed by atoms with Crippen molar-refractivity contribution < 1.29 is 0 Å². The van der Waals surface area contributed by atoms with Crippen molar-refractivity contribution in [2.75, 3.05) is 0 Å². The molecule has 0 bridgehead atoms. The Morgan fingerprint density at radius 2 is 0.808 bits per heavy atom. The Bertz CT molecular complexity index is 1060. The van der Waals surface area contributed by atoms with Gasteiger partial charge in [-0.2, -0.15) is 0 Å². The van der Waals surface area contributed by atoms with Gasteiger partial charge in [-0.25, -0.2) is 0 Å². The molecule has 26 heavy (non-hydrogen) atoms. The van der Waals surface area contributed by atoms with Crippen molar-refractivity contribution in [3.05, 3.63) is 108 Å². The van der Waals surface area contributed by atoms with Crippen molar-refractivity contribution in [3.63, 3.8) is 0 Å². The Kier molecular flexibility index (Phi) is 4.41. The van der Waals surface area contributed by atoms with E-state index >= 15 is 0 Å². The molecule has 0 aliphatic rings. The largest absolute Gasteiger partial charge is 0.0616 e. The average molecular weight is 334 g/mol. The Morgan fingerprint density at radius 3 is 1.38 bits per heavy atom. The smallest absolute Gasteiger partial charge is 0.0105 e. The lowest BCUT2D eigenvalue weighted by molar-refractivity contribution is 1.46. The van der Waals surface area contributed by atoms with Crippen LogP contribution < -0.4 is 0 Å². The molecule has 0 nitrogen and oxygen atoms in total. The van der Waals surface area contributed by atoms with Crippen molar-refractivity contribution in [1.82, 2.24) is 0 Å². The second kappa shape index (κ2) is 7.01. The van der Waals surface area contributed by atoms with E-state index in [-0.39, 0.29) is 0 Å². The summed E-state index contributed by atoms with van der Waals surface area (Å²) in [6, 6.07) is 34.9. The highest BCUT2D eigenvalue weighted by Crippen LogP contribution is 2.34. The molecule has 0 aliphatic heterocycles. The minimum absolute atomic E-state index is 1.25. The van der Waals surface area contributed by atoms with Crippen molar-refractivity contribution in [2.24, 2.45) is 0 Å². The lowest BCUT2D eigenvalue weighted by Gasteiger charge is -2.12. The second-order valence-corrected chi connectivity index (χ2v) is 6.87. The van der Waals surface area contributed by atoms with Gasteiger partial charge in [-0.15, -0.1) is 0 Å². The third-order valence-electron chi connectivity index (χ3n) is 4.78. The lowest BCUT2D eigenvalue weighted by atomic mass is 9.92. The van der Waals surface area contributed by atoms with Crippen LogP contribution in [0.1, 0.15) is 11.1 Å². The quantitative estimate of drug-likeness (QED) is 0.368. The molecular weight excluding hydrogens is 312 g/mol. The van der Waals surface area contributed by atoms with E-state index in [0.29, 0.717) is 0 Å². The van der Waals surface area contributed by atoms with Crippen molar-refractivity contribution >= 4 is 0 Å². The highest BCUT2D eigenvalue weighted by Gasteiger charge is 2.08. The molecule has 0 aliphatic carbocycles. The molecule has 0 N–H and O–H groups in total. The van der Waals surface area contributed by atoms with E-state index in [4.69, 9.17) is 0 Å². The fourth-order valence-electron chi connectivity index (χ4n) is 3.49. The zero-order valence-corrected chi connectivity index (χ0v) is 15.2. The number of benzene rings is 4.